The van der Waals surface area contributed by atoms with Gasteiger partial charge in [-0.3, -0.25) is 9.59 Å². The summed E-state index contributed by atoms with van der Waals surface area (Å²) in [5.74, 6) is -0.206. The minimum absolute atomic E-state index is 0.0150. The molecule has 0 atom stereocenters. The van der Waals surface area contributed by atoms with Crippen molar-refractivity contribution in [2.24, 2.45) is 16.6 Å². The summed E-state index contributed by atoms with van der Waals surface area (Å²) >= 11 is 0. The van der Waals surface area contributed by atoms with E-state index in [-0.39, 0.29) is 36.2 Å². The van der Waals surface area contributed by atoms with Gasteiger partial charge in [0.15, 0.2) is 0 Å². The van der Waals surface area contributed by atoms with Gasteiger partial charge in [-0.1, -0.05) is 0 Å². The van der Waals surface area contributed by atoms with Crippen LogP contribution in [0.2, 0.25) is 0 Å². The monoisotopic (exact) mass is 399 g/mol. The first kappa shape index (κ1) is 20.9. The van der Waals surface area contributed by atoms with Gasteiger partial charge in [0, 0.05) is 42.5 Å². The first-order chi connectivity index (χ1) is 13.9. The number of nitrogens with one attached hydrogen (secondary N) is 1. The molecule has 8 nitrogen and oxygen atoms in total. The molecule has 0 bridgehead atoms. The summed E-state index contributed by atoms with van der Waals surface area (Å²) in [5.41, 5.74) is 15.1. The lowest BCUT2D eigenvalue weighted by Gasteiger charge is -2.33. The fourth-order valence-electron chi connectivity index (χ4n) is 4.12. The van der Waals surface area contributed by atoms with Crippen molar-refractivity contribution in [2.75, 3.05) is 18.9 Å². The zero-order valence-electron chi connectivity index (χ0n) is 16.7. The fraction of sp³-hybridized carbons (Fsp3) is 0.476. The molecule has 1 fully saturated rings. The van der Waals surface area contributed by atoms with E-state index < -0.39 is 0 Å². The first-order valence-corrected chi connectivity index (χ1v) is 9.99. The van der Waals surface area contributed by atoms with Gasteiger partial charge in [0.05, 0.1) is 6.61 Å². The highest BCUT2D eigenvalue weighted by molar-refractivity contribution is 6.01. The van der Waals surface area contributed by atoms with E-state index in [0.717, 1.165) is 24.0 Å². The molecule has 1 saturated carbocycles. The van der Waals surface area contributed by atoms with Gasteiger partial charge < -0.3 is 26.8 Å². The van der Waals surface area contributed by atoms with Crippen molar-refractivity contribution < 1.29 is 14.7 Å². The van der Waals surface area contributed by atoms with Gasteiger partial charge in [-0.15, -0.1) is 0 Å². The Hall–Kier alpha value is -2.87. The second-order valence-electron chi connectivity index (χ2n) is 7.69. The molecule has 0 unspecified atom stereocenters. The van der Waals surface area contributed by atoms with E-state index >= 15 is 0 Å². The summed E-state index contributed by atoms with van der Waals surface area (Å²) in [6.07, 6.45) is 5.99. The van der Waals surface area contributed by atoms with Crippen molar-refractivity contribution in [2.45, 2.75) is 45.2 Å². The minimum Gasteiger partial charge on any atom is -0.399 e. The van der Waals surface area contributed by atoms with Gasteiger partial charge in [0.2, 0.25) is 0 Å². The van der Waals surface area contributed by atoms with E-state index in [1.807, 2.05) is 17.9 Å². The van der Waals surface area contributed by atoms with Crippen LogP contribution in [-0.2, 0) is 11.3 Å². The van der Waals surface area contributed by atoms with E-state index in [2.05, 4.69) is 10.3 Å². The highest BCUT2D eigenvalue weighted by Crippen LogP contribution is 2.35. The number of amidine groups is 1. The van der Waals surface area contributed by atoms with Crippen molar-refractivity contribution in [1.29, 1.82) is 0 Å². The Morgan fingerprint density at radius 2 is 2.07 bits per heavy atom. The molecule has 1 aliphatic carbocycles. The highest BCUT2D eigenvalue weighted by atomic mass is 16.3. The number of amides is 2. The lowest BCUT2D eigenvalue weighted by atomic mass is 9.85. The van der Waals surface area contributed by atoms with Crippen molar-refractivity contribution in [3.63, 3.8) is 0 Å². The van der Waals surface area contributed by atoms with Gasteiger partial charge >= 0.3 is 0 Å². The summed E-state index contributed by atoms with van der Waals surface area (Å²) in [5, 5.41) is 11.5. The van der Waals surface area contributed by atoms with Crippen LogP contribution in [0, 0.1) is 12.8 Å². The topological polar surface area (TPSA) is 134 Å². The number of carbonyl (C=O) groups excluding carboxylic acids is 2. The third kappa shape index (κ3) is 4.76. The molecule has 2 amide bonds. The summed E-state index contributed by atoms with van der Waals surface area (Å²) in [6.45, 7) is 3.02. The number of aliphatic hydroxyl groups is 1. The molecular formula is C21H29N5O3. The molecule has 0 spiro atoms. The van der Waals surface area contributed by atoms with E-state index in [9.17, 15) is 9.59 Å². The van der Waals surface area contributed by atoms with Crippen LogP contribution in [0.5, 0.6) is 0 Å². The van der Waals surface area contributed by atoms with Crippen molar-refractivity contribution in [3.8, 4) is 0 Å². The zero-order valence-corrected chi connectivity index (χ0v) is 16.7. The molecule has 29 heavy (non-hydrogen) atoms. The summed E-state index contributed by atoms with van der Waals surface area (Å²) in [7, 11) is 0. The van der Waals surface area contributed by atoms with Gasteiger partial charge in [0.1, 0.15) is 5.84 Å². The SMILES string of the molecule is Cc1cc(N)cc2c1CN(C1CCC(C(=O)N=C(N)/C=C\NCCO)CC1)C2=O. The van der Waals surface area contributed by atoms with Gasteiger partial charge in [0.25, 0.3) is 11.8 Å². The van der Waals surface area contributed by atoms with Crippen LogP contribution >= 0.6 is 0 Å². The predicted octanol–water partition coefficient (Wildman–Crippen LogP) is 1.07. The second-order valence-corrected chi connectivity index (χ2v) is 7.69. The molecule has 1 aliphatic heterocycles. The second kappa shape index (κ2) is 9.09. The lowest BCUT2D eigenvalue weighted by Crippen LogP contribution is -2.39. The number of fused-ring (bicyclic) bond motifs is 1. The molecule has 2 aliphatic rings. The number of benzene rings is 1. The number of nitrogen functional groups attached to an aromatic ring is 1. The molecule has 1 heterocycles. The summed E-state index contributed by atoms with van der Waals surface area (Å²) in [6, 6.07) is 3.80. The lowest BCUT2D eigenvalue weighted by molar-refractivity contribution is -0.122. The van der Waals surface area contributed by atoms with Crippen LogP contribution in [0.15, 0.2) is 29.4 Å². The quantitative estimate of drug-likeness (QED) is 0.245. The molecule has 3 rings (SSSR count). The van der Waals surface area contributed by atoms with Crippen LogP contribution < -0.4 is 16.8 Å². The zero-order chi connectivity index (χ0) is 21.0. The van der Waals surface area contributed by atoms with E-state index in [0.29, 0.717) is 37.2 Å². The highest BCUT2D eigenvalue weighted by Gasteiger charge is 2.36. The number of aryl methyl sites for hydroxylation is 1. The van der Waals surface area contributed by atoms with Crippen molar-refractivity contribution in [1.82, 2.24) is 10.2 Å². The molecule has 156 valence electrons. The number of carbonyl (C=O) groups is 2. The van der Waals surface area contributed by atoms with Crippen LogP contribution in [0.25, 0.3) is 0 Å². The van der Waals surface area contributed by atoms with Gasteiger partial charge in [-0.2, -0.15) is 4.99 Å². The van der Waals surface area contributed by atoms with Crippen LogP contribution in [0.4, 0.5) is 5.69 Å². The van der Waals surface area contributed by atoms with Gasteiger partial charge in [-0.25, -0.2) is 0 Å². The van der Waals surface area contributed by atoms with E-state index in [4.69, 9.17) is 16.6 Å². The minimum atomic E-state index is -0.215. The third-order valence-electron chi connectivity index (χ3n) is 5.67. The molecule has 0 radical (unpaired) electrons. The van der Waals surface area contributed by atoms with E-state index in [1.54, 1.807) is 12.3 Å². The molecular weight excluding hydrogens is 370 g/mol. The first-order valence-electron chi connectivity index (χ1n) is 9.99. The number of hydrogen-bond acceptors (Lipinski definition) is 5. The Morgan fingerprint density at radius 1 is 1.34 bits per heavy atom. The number of aliphatic imine (C=N–C) groups is 1. The Labute approximate surface area is 170 Å². The number of hydrogen-bond donors (Lipinski definition) is 4. The number of nitrogens with two attached hydrogens (primary N) is 2. The average molecular weight is 399 g/mol. The fourth-order valence-corrected chi connectivity index (χ4v) is 4.12. The van der Waals surface area contributed by atoms with Crippen LogP contribution in [-0.4, -0.2) is 46.8 Å². The van der Waals surface area contributed by atoms with Crippen LogP contribution in [0.1, 0.15) is 47.2 Å². The maximum atomic E-state index is 12.8. The smallest absolute Gasteiger partial charge is 0.254 e. The summed E-state index contributed by atoms with van der Waals surface area (Å²) < 4.78 is 0. The predicted molar refractivity (Wildman–Crippen MR) is 112 cm³/mol. The molecule has 1 aromatic rings. The maximum Gasteiger partial charge on any atom is 0.254 e. The van der Waals surface area contributed by atoms with Gasteiger partial charge in [-0.05, 0) is 61.9 Å². The molecule has 0 aromatic heterocycles. The third-order valence-corrected chi connectivity index (χ3v) is 5.67. The van der Waals surface area contributed by atoms with E-state index in [1.165, 1.54) is 6.08 Å². The van der Waals surface area contributed by atoms with Crippen molar-refractivity contribution in [3.05, 3.63) is 41.1 Å². The largest absolute Gasteiger partial charge is 0.399 e. The molecule has 0 saturated heterocycles. The number of anilines is 1. The Morgan fingerprint density at radius 3 is 2.76 bits per heavy atom. The molecule has 1 aromatic carbocycles. The number of nitrogens with zero attached hydrogens (tertiary/aromatic N) is 2. The Kier molecular flexibility index (Phi) is 6.53. The standard InChI is InChI=1S/C21H29N5O3/c1-13-10-15(22)11-17-18(13)12-26(21(17)29)16-4-2-14(3-5-16)20(28)25-19(23)6-7-24-8-9-27/h6-7,10-11,14,16,24,27H,2-5,8-9,12,22H2,1H3,(H2,23,25,28)/b7-6-. The summed E-state index contributed by atoms with van der Waals surface area (Å²) in [4.78, 5) is 31.1. The maximum absolute atomic E-state index is 12.8. The molecule has 6 N–H and O–H groups in total. The normalized spacial score (nSPS) is 22.2. The molecule has 8 heteroatoms. The van der Waals surface area contributed by atoms with Crippen molar-refractivity contribution >= 4 is 23.3 Å². The number of rotatable bonds is 6. The Balaban J connectivity index is 1.56. The van der Waals surface area contributed by atoms with Crippen LogP contribution in [0.3, 0.4) is 0 Å². The number of aliphatic hydroxyl groups excluding tert-OH is 1. The average Bonchev–Trinajstić information content (AvgIpc) is 3.02. The Bertz CT molecular complexity index is 841.